The second-order valence-electron chi connectivity index (χ2n) is 5.54. The fourth-order valence-electron chi connectivity index (χ4n) is 1.93. The first-order valence-electron chi connectivity index (χ1n) is 7.44. The Hall–Kier alpha value is -1.92. The minimum atomic E-state index is -0.716. The van der Waals surface area contributed by atoms with Gasteiger partial charge in [-0.25, -0.2) is 0 Å². The molecule has 0 bridgehead atoms. The van der Waals surface area contributed by atoms with Gasteiger partial charge >= 0.3 is 0 Å². The largest absolute Gasteiger partial charge is 0.395 e. The average molecular weight is 307 g/mol. The molecule has 1 aromatic carbocycles. The SMILES string of the molecule is CC(C)[C@H](N)C(=O)N[C@@H](Cc1ccccc1)C(=O)NCCO. The molecule has 0 aromatic heterocycles. The molecule has 6 heteroatoms. The molecule has 0 heterocycles. The van der Waals surface area contributed by atoms with Gasteiger partial charge in [-0.2, -0.15) is 0 Å². The van der Waals surface area contributed by atoms with Gasteiger partial charge in [-0.3, -0.25) is 9.59 Å². The van der Waals surface area contributed by atoms with Crippen molar-refractivity contribution < 1.29 is 14.7 Å². The van der Waals surface area contributed by atoms with Crippen molar-refractivity contribution in [2.75, 3.05) is 13.2 Å². The zero-order valence-electron chi connectivity index (χ0n) is 13.1. The number of nitrogens with one attached hydrogen (secondary N) is 2. The van der Waals surface area contributed by atoms with Crippen LogP contribution in [0.2, 0.25) is 0 Å². The van der Waals surface area contributed by atoms with Crippen molar-refractivity contribution in [2.45, 2.75) is 32.4 Å². The van der Waals surface area contributed by atoms with Crippen molar-refractivity contribution in [1.29, 1.82) is 0 Å². The number of nitrogens with two attached hydrogens (primary N) is 1. The summed E-state index contributed by atoms with van der Waals surface area (Å²) in [5, 5.41) is 14.1. The Bertz CT molecular complexity index is 477. The van der Waals surface area contributed by atoms with E-state index < -0.39 is 12.1 Å². The predicted octanol–water partition coefficient (Wildman–Crippen LogP) is -0.194. The summed E-state index contributed by atoms with van der Waals surface area (Å²) >= 11 is 0. The molecule has 1 rings (SSSR count). The molecule has 0 aliphatic heterocycles. The highest BCUT2D eigenvalue weighted by Gasteiger charge is 2.25. The number of rotatable bonds is 8. The fourth-order valence-corrected chi connectivity index (χ4v) is 1.93. The molecule has 0 radical (unpaired) electrons. The quantitative estimate of drug-likeness (QED) is 0.534. The molecule has 22 heavy (non-hydrogen) atoms. The van der Waals surface area contributed by atoms with Crippen LogP contribution in [0.15, 0.2) is 30.3 Å². The van der Waals surface area contributed by atoms with E-state index in [0.29, 0.717) is 6.42 Å². The molecule has 0 aliphatic carbocycles. The molecular weight excluding hydrogens is 282 g/mol. The van der Waals surface area contributed by atoms with Gasteiger partial charge in [0.25, 0.3) is 0 Å². The molecule has 1 aromatic rings. The van der Waals surface area contributed by atoms with E-state index in [1.54, 1.807) is 0 Å². The Morgan fingerprint density at radius 3 is 2.36 bits per heavy atom. The highest BCUT2D eigenvalue weighted by Crippen LogP contribution is 2.05. The van der Waals surface area contributed by atoms with E-state index in [-0.39, 0.29) is 30.9 Å². The fraction of sp³-hybridized carbons (Fsp3) is 0.500. The van der Waals surface area contributed by atoms with Crippen molar-refractivity contribution in [3.63, 3.8) is 0 Å². The van der Waals surface area contributed by atoms with Crippen molar-refractivity contribution in [3.05, 3.63) is 35.9 Å². The van der Waals surface area contributed by atoms with Gasteiger partial charge in [-0.05, 0) is 11.5 Å². The Morgan fingerprint density at radius 2 is 1.82 bits per heavy atom. The smallest absolute Gasteiger partial charge is 0.243 e. The van der Waals surface area contributed by atoms with E-state index in [9.17, 15) is 9.59 Å². The second-order valence-corrected chi connectivity index (χ2v) is 5.54. The number of aliphatic hydroxyl groups is 1. The van der Waals surface area contributed by atoms with E-state index in [0.717, 1.165) is 5.56 Å². The normalized spacial score (nSPS) is 13.5. The number of hydrogen-bond donors (Lipinski definition) is 4. The van der Waals surface area contributed by atoms with Gasteiger partial charge in [-0.1, -0.05) is 44.2 Å². The molecule has 122 valence electrons. The molecule has 6 nitrogen and oxygen atoms in total. The van der Waals surface area contributed by atoms with Gasteiger partial charge in [0.2, 0.25) is 11.8 Å². The zero-order valence-corrected chi connectivity index (χ0v) is 13.1. The van der Waals surface area contributed by atoms with Crippen LogP contribution in [0.4, 0.5) is 0 Å². The Balaban J connectivity index is 2.77. The van der Waals surface area contributed by atoms with Crippen LogP contribution in [-0.2, 0) is 16.0 Å². The van der Waals surface area contributed by atoms with Gasteiger partial charge in [0.1, 0.15) is 6.04 Å². The topological polar surface area (TPSA) is 104 Å². The molecule has 5 N–H and O–H groups in total. The lowest BCUT2D eigenvalue weighted by atomic mass is 10.0. The third-order valence-corrected chi connectivity index (χ3v) is 3.35. The summed E-state index contributed by atoms with van der Waals surface area (Å²) < 4.78 is 0. The minimum Gasteiger partial charge on any atom is -0.395 e. The van der Waals surface area contributed by atoms with E-state index >= 15 is 0 Å². The first-order valence-corrected chi connectivity index (χ1v) is 7.44. The minimum absolute atomic E-state index is 0.0159. The van der Waals surface area contributed by atoms with Crippen molar-refractivity contribution >= 4 is 11.8 Å². The zero-order chi connectivity index (χ0) is 16.5. The molecule has 2 amide bonds. The Morgan fingerprint density at radius 1 is 1.18 bits per heavy atom. The molecule has 0 saturated heterocycles. The molecule has 0 saturated carbocycles. The van der Waals surface area contributed by atoms with Crippen molar-refractivity contribution in [3.8, 4) is 0 Å². The summed E-state index contributed by atoms with van der Waals surface area (Å²) in [5.41, 5.74) is 6.75. The lowest BCUT2D eigenvalue weighted by Gasteiger charge is -2.22. The first kappa shape index (κ1) is 18.1. The predicted molar refractivity (Wildman–Crippen MR) is 85.0 cm³/mol. The standard InChI is InChI=1S/C16H25N3O3/c1-11(2)14(17)16(22)19-13(15(21)18-8-9-20)10-12-6-4-3-5-7-12/h3-7,11,13-14,20H,8-10,17H2,1-2H3,(H,18,21)(H,19,22)/t13-,14-/m0/s1. The third kappa shape index (κ3) is 5.83. The number of benzene rings is 1. The Kier molecular flexibility index (Phi) is 7.56. The summed E-state index contributed by atoms with van der Waals surface area (Å²) in [5.74, 6) is -0.699. The second kappa shape index (κ2) is 9.17. The number of carbonyl (C=O) groups excluding carboxylic acids is 2. The van der Waals surface area contributed by atoms with Crippen LogP contribution in [0.1, 0.15) is 19.4 Å². The lowest BCUT2D eigenvalue weighted by molar-refractivity contribution is -0.130. The molecule has 0 unspecified atom stereocenters. The molecule has 0 fully saturated rings. The molecule has 0 aliphatic rings. The molecular formula is C16H25N3O3. The number of hydrogen-bond acceptors (Lipinski definition) is 4. The van der Waals surface area contributed by atoms with Crippen LogP contribution in [0, 0.1) is 5.92 Å². The summed E-state index contributed by atoms with van der Waals surface area (Å²) in [4.78, 5) is 24.3. The maximum absolute atomic E-state index is 12.2. The summed E-state index contributed by atoms with van der Waals surface area (Å²) in [6.07, 6.45) is 0.370. The number of aliphatic hydroxyl groups excluding tert-OH is 1. The van der Waals surface area contributed by atoms with Crippen LogP contribution in [0.5, 0.6) is 0 Å². The monoisotopic (exact) mass is 307 g/mol. The highest BCUT2D eigenvalue weighted by atomic mass is 16.3. The summed E-state index contributed by atoms with van der Waals surface area (Å²) in [6, 6.07) is 8.04. The van der Waals surface area contributed by atoms with E-state index in [4.69, 9.17) is 10.8 Å². The van der Waals surface area contributed by atoms with Gasteiger partial charge < -0.3 is 21.5 Å². The van der Waals surface area contributed by atoms with E-state index in [1.165, 1.54) is 0 Å². The summed E-state index contributed by atoms with van der Waals surface area (Å²) in [6.45, 7) is 3.70. The first-order chi connectivity index (χ1) is 10.5. The van der Waals surface area contributed by atoms with E-state index in [2.05, 4.69) is 10.6 Å². The van der Waals surface area contributed by atoms with Crippen LogP contribution in [0.3, 0.4) is 0 Å². The Labute approximate surface area is 131 Å². The maximum Gasteiger partial charge on any atom is 0.243 e. The molecule has 0 spiro atoms. The van der Waals surface area contributed by atoms with Crippen LogP contribution < -0.4 is 16.4 Å². The maximum atomic E-state index is 12.2. The number of carbonyl (C=O) groups is 2. The van der Waals surface area contributed by atoms with Crippen molar-refractivity contribution in [1.82, 2.24) is 10.6 Å². The van der Waals surface area contributed by atoms with Gasteiger partial charge in [0.15, 0.2) is 0 Å². The van der Waals surface area contributed by atoms with Crippen LogP contribution in [-0.4, -0.2) is 42.2 Å². The molecule has 2 atom stereocenters. The van der Waals surface area contributed by atoms with Gasteiger partial charge in [0.05, 0.1) is 12.6 Å². The van der Waals surface area contributed by atoms with E-state index in [1.807, 2.05) is 44.2 Å². The third-order valence-electron chi connectivity index (χ3n) is 3.35. The van der Waals surface area contributed by atoms with Crippen molar-refractivity contribution in [2.24, 2.45) is 11.7 Å². The summed E-state index contributed by atoms with van der Waals surface area (Å²) in [7, 11) is 0. The number of amides is 2. The highest BCUT2D eigenvalue weighted by molar-refractivity contribution is 5.90. The lowest BCUT2D eigenvalue weighted by Crippen LogP contribution is -2.54. The van der Waals surface area contributed by atoms with Gasteiger partial charge in [0, 0.05) is 13.0 Å². The van der Waals surface area contributed by atoms with Gasteiger partial charge in [-0.15, -0.1) is 0 Å². The van der Waals surface area contributed by atoms with Crippen LogP contribution >= 0.6 is 0 Å². The van der Waals surface area contributed by atoms with Crippen LogP contribution in [0.25, 0.3) is 0 Å². The average Bonchev–Trinajstić information content (AvgIpc) is 2.51.